The molecule has 0 radical (unpaired) electrons. The molecule has 104 valence electrons. The van der Waals surface area contributed by atoms with Gasteiger partial charge in [0.05, 0.1) is 0 Å². The first-order valence-corrected chi connectivity index (χ1v) is 2.62. The maximum atomic E-state index is 9.75. The smallest absolute Gasteiger partial charge is 0.418 e. The van der Waals surface area contributed by atoms with Crippen LogP contribution in [0.5, 0.6) is 0 Å². The van der Waals surface area contributed by atoms with Crippen LogP contribution in [0.2, 0.25) is 0 Å². The minimum absolute atomic E-state index is 0. The second-order valence-corrected chi connectivity index (χ2v) is 1.48. The molecule has 0 atom stereocenters. The van der Waals surface area contributed by atoms with Crippen LogP contribution in [0.25, 0.3) is 0 Å². The SMILES string of the molecule is F[B-](F)(F)F.F[B-](F)(F)F.F[B-](F)(F)F.O.[H+].[H+].[H+]. The summed E-state index contributed by atoms with van der Waals surface area (Å²) in [4.78, 5) is 0. The van der Waals surface area contributed by atoms with Gasteiger partial charge in [-0.25, -0.2) is 0 Å². The molecule has 16 heavy (non-hydrogen) atoms. The van der Waals surface area contributed by atoms with E-state index < -0.39 is 21.8 Å². The average molecular weight is 281 g/mol. The molecule has 1 nitrogen and oxygen atoms in total. The lowest BCUT2D eigenvalue weighted by Crippen LogP contribution is -2.02. The van der Waals surface area contributed by atoms with Crippen molar-refractivity contribution in [1.29, 1.82) is 0 Å². The second kappa shape index (κ2) is 8.46. The fourth-order valence-electron chi connectivity index (χ4n) is 0. The molecular formula is H5B3F12O. The zero-order valence-electron chi connectivity index (χ0n) is 9.77. The van der Waals surface area contributed by atoms with E-state index in [2.05, 4.69) is 0 Å². The van der Waals surface area contributed by atoms with E-state index in [0.29, 0.717) is 0 Å². The number of hydrogen-bond acceptors (Lipinski definition) is 0. The molecule has 0 amide bonds. The number of hydrogen-bond donors (Lipinski definition) is 0. The lowest BCUT2D eigenvalue weighted by molar-refractivity contribution is 0.366. The summed E-state index contributed by atoms with van der Waals surface area (Å²) in [5.41, 5.74) is 0. The van der Waals surface area contributed by atoms with Gasteiger partial charge in [0.15, 0.2) is 0 Å². The average Bonchev–Trinajstić information content (AvgIpc) is 1.41. The van der Waals surface area contributed by atoms with Crippen LogP contribution < -0.4 is 0 Å². The third-order valence-corrected chi connectivity index (χ3v) is 0. The zero-order chi connectivity index (χ0) is 13.5. The molecule has 0 rings (SSSR count). The Bertz CT molecular complexity index is 103. The van der Waals surface area contributed by atoms with Crippen LogP contribution >= 0.6 is 0 Å². The van der Waals surface area contributed by atoms with Gasteiger partial charge in [0.2, 0.25) is 0 Å². The van der Waals surface area contributed by atoms with Crippen molar-refractivity contribution in [2.75, 3.05) is 0 Å². The fourth-order valence-corrected chi connectivity index (χ4v) is 0. The molecule has 16 heteroatoms. The summed E-state index contributed by atoms with van der Waals surface area (Å²) in [6.07, 6.45) is 0. The van der Waals surface area contributed by atoms with Crippen molar-refractivity contribution in [3.63, 3.8) is 0 Å². The molecule has 0 aliphatic carbocycles. The van der Waals surface area contributed by atoms with Gasteiger partial charge in [-0.1, -0.05) is 0 Å². The summed E-state index contributed by atoms with van der Waals surface area (Å²) in [6, 6.07) is 0. The van der Waals surface area contributed by atoms with Gasteiger partial charge >= 0.3 is 26.0 Å². The minimum Gasteiger partial charge on any atom is -0.418 e. The first-order valence-electron chi connectivity index (χ1n) is 2.62. The first kappa shape index (κ1) is 24.5. The number of rotatable bonds is 0. The van der Waals surface area contributed by atoms with Gasteiger partial charge in [0.25, 0.3) is 0 Å². The highest BCUT2D eigenvalue weighted by molar-refractivity contribution is 6.50. The highest BCUT2D eigenvalue weighted by Crippen LogP contribution is 2.07. The highest BCUT2D eigenvalue weighted by Gasteiger charge is 2.21. The summed E-state index contributed by atoms with van der Waals surface area (Å²) in [6.45, 7) is 0. The van der Waals surface area contributed by atoms with Crippen molar-refractivity contribution in [2.24, 2.45) is 0 Å². The predicted molar refractivity (Wildman–Crippen MR) is 37.5 cm³/mol. The van der Waals surface area contributed by atoms with E-state index in [4.69, 9.17) is 0 Å². The van der Waals surface area contributed by atoms with E-state index in [1.807, 2.05) is 0 Å². The molecule has 0 aliphatic rings. The Morgan fingerprint density at radius 1 is 0.375 bits per heavy atom. The highest BCUT2D eigenvalue weighted by atomic mass is 19.5. The molecule has 0 aromatic heterocycles. The largest absolute Gasteiger partial charge is 1.00 e. The Labute approximate surface area is 84.9 Å². The van der Waals surface area contributed by atoms with Gasteiger partial charge < -0.3 is 57.3 Å². The molecule has 0 unspecified atom stereocenters. The van der Waals surface area contributed by atoms with Gasteiger partial charge in [0, 0.05) is 0 Å². The van der Waals surface area contributed by atoms with E-state index >= 15 is 0 Å². The van der Waals surface area contributed by atoms with Crippen LogP contribution in [0.4, 0.5) is 51.8 Å². The van der Waals surface area contributed by atoms with Crippen molar-refractivity contribution < 1.29 is 61.5 Å². The normalized spacial score (nSPS) is 11.2. The Hall–Kier alpha value is -0.685. The van der Waals surface area contributed by atoms with Gasteiger partial charge in [-0.15, -0.1) is 0 Å². The molecular weight excluding hydrogens is 276 g/mol. The molecule has 0 saturated heterocycles. The molecule has 0 bridgehead atoms. The topological polar surface area (TPSA) is 31.5 Å². The monoisotopic (exact) mass is 282 g/mol. The molecule has 0 aromatic carbocycles. The standard InChI is InChI=1S/3BF4.H2O/c3*2-1(3,4)5;/h;;;1H2/q3*-1;/p+3. The van der Waals surface area contributed by atoms with Crippen LogP contribution in [0, 0.1) is 0 Å². The molecule has 0 fully saturated rings. The fraction of sp³-hybridized carbons (Fsp3) is 0. The Balaban J connectivity index is -0.0000000206. The second-order valence-electron chi connectivity index (χ2n) is 1.48. The quantitative estimate of drug-likeness (QED) is 0.481. The van der Waals surface area contributed by atoms with E-state index in [1.54, 1.807) is 0 Å². The summed E-state index contributed by atoms with van der Waals surface area (Å²) in [5, 5.41) is 0. The molecule has 0 saturated carbocycles. The molecule has 0 spiro atoms. The van der Waals surface area contributed by atoms with Gasteiger partial charge in [-0.3, -0.25) is 0 Å². The predicted octanol–water partition coefficient (Wildman–Crippen LogP) is 3.41. The first-order chi connectivity index (χ1) is 6.00. The summed E-state index contributed by atoms with van der Waals surface area (Å²) in [5.74, 6) is 0. The Morgan fingerprint density at radius 2 is 0.375 bits per heavy atom. The molecule has 0 aliphatic heterocycles. The van der Waals surface area contributed by atoms with E-state index in [9.17, 15) is 51.8 Å². The molecule has 2 N–H and O–H groups in total. The third kappa shape index (κ3) is 4300. The lowest BCUT2D eigenvalue weighted by Gasteiger charge is -1.94. The van der Waals surface area contributed by atoms with Crippen LogP contribution in [0.1, 0.15) is 4.28 Å². The maximum Gasteiger partial charge on any atom is 1.00 e. The van der Waals surface area contributed by atoms with E-state index in [1.165, 1.54) is 0 Å². The van der Waals surface area contributed by atoms with Crippen LogP contribution in [0.15, 0.2) is 0 Å². The van der Waals surface area contributed by atoms with Gasteiger partial charge in [-0.2, -0.15) is 0 Å². The molecule has 0 heterocycles. The summed E-state index contributed by atoms with van der Waals surface area (Å²) in [7, 11) is -18.0. The van der Waals surface area contributed by atoms with E-state index in [-0.39, 0.29) is 9.76 Å². The maximum absolute atomic E-state index is 9.75. The van der Waals surface area contributed by atoms with Crippen LogP contribution in [-0.2, 0) is 0 Å². The Kier molecular flexibility index (Phi) is 13.0. The van der Waals surface area contributed by atoms with Gasteiger partial charge in [0.1, 0.15) is 0 Å². The summed E-state index contributed by atoms with van der Waals surface area (Å²) >= 11 is 0. The Morgan fingerprint density at radius 3 is 0.375 bits per heavy atom. The zero-order valence-corrected chi connectivity index (χ0v) is 6.77. The van der Waals surface area contributed by atoms with Crippen LogP contribution in [0.3, 0.4) is 0 Å². The van der Waals surface area contributed by atoms with Crippen molar-refractivity contribution >= 4 is 21.8 Å². The number of halogens is 12. The summed E-state index contributed by atoms with van der Waals surface area (Å²) < 4.78 is 117. The van der Waals surface area contributed by atoms with Crippen molar-refractivity contribution in [3.05, 3.63) is 0 Å². The van der Waals surface area contributed by atoms with Crippen molar-refractivity contribution in [3.8, 4) is 0 Å². The van der Waals surface area contributed by atoms with Crippen LogP contribution in [-0.4, -0.2) is 27.2 Å². The van der Waals surface area contributed by atoms with Crippen molar-refractivity contribution in [1.82, 2.24) is 0 Å². The van der Waals surface area contributed by atoms with Crippen molar-refractivity contribution in [2.45, 2.75) is 0 Å². The minimum atomic E-state index is -6.00. The lowest BCUT2D eigenvalue weighted by atomic mass is 10.3. The molecule has 0 aromatic rings. The van der Waals surface area contributed by atoms with Gasteiger partial charge in [-0.05, 0) is 0 Å². The third-order valence-electron chi connectivity index (χ3n) is 0. The van der Waals surface area contributed by atoms with E-state index in [0.717, 1.165) is 0 Å².